The van der Waals surface area contributed by atoms with Gasteiger partial charge in [0.1, 0.15) is 11.6 Å². The molecule has 0 aliphatic carbocycles. The molecular formula is C56H59N3O. The number of pyridine rings is 1. The molecule has 0 fully saturated rings. The van der Waals surface area contributed by atoms with Crippen LogP contribution in [0.1, 0.15) is 105 Å². The fourth-order valence-electron chi connectivity index (χ4n) is 8.15. The SMILES string of the molecule is CC(C)(C)c1ccc(-n2c(-c3cc(C(C)(C)C)ccc3O)nc3c(-c4cc(-c5ccccc5)cc(-c5cc(C(C)(C)C)cc6cccnc56)c4)cc(C(C)(C)C)cc32)cc1. The highest BCUT2D eigenvalue weighted by atomic mass is 16.3. The molecule has 0 amide bonds. The summed E-state index contributed by atoms with van der Waals surface area (Å²) in [4.78, 5) is 10.6. The van der Waals surface area contributed by atoms with E-state index in [0.29, 0.717) is 11.4 Å². The van der Waals surface area contributed by atoms with Crippen LogP contribution in [0.25, 0.3) is 72.4 Å². The van der Waals surface area contributed by atoms with E-state index in [1.165, 1.54) is 16.7 Å². The molecule has 0 unspecified atom stereocenters. The topological polar surface area (TPSA) is 50.9 Å². The van der Waals surface area contributed by atoms with Crippen LogP contribution in [0.15, 0.2) is 134 Å². The van der Waals surface area contributed by atoms with Crippen LogP contribution >= 0.6 is 0 Å². The zero-order chi connectivity index (χ0) is 42.9. The van der Waals surface area contributed by atoms with Crippen LogP contribution < -0.4 is 0 Å². The van der Waals surface area contributed by atoms with Crippen LogP contribution in [-0.2, 0) is 21.7 Å². The summed E-state index contributed by atoms with van der Waals surface area (Å²) in [6, 6.07) is 45.9. The van der Waals surface area contributed by atoms with E-state index >= 15 is 0 Å². The molecule has 4 heteroatoms. The zero-order valence-corrected chi connectivity index (χ0v) is 37.5. The Morgan fingerprint density at radius 2 is 0.967 bits per heavy atom. The molecule has 60 heavy (non-hydrogen) atoms. The fraction of sp³-hybridized carbons (Fsp3) is 0.286. The van der Waals surface area contributed by atoms with E-state index in [2.05, 4.69) is 197 Å². The van der Waals surface area contributed by atoms with Gasteiger partial charge in [-0.15, -0.1) is 0 Å². The first kappa shape index (κ1) is 40.8. The molecular weight excluding hydrogens is 731 g/mol. The third-order valence-electron chi connectivity index (χ3n) is 12.0. The van der Waals surface area contributed by atoms with Crippen molar-refractivity contribution in [1.82, 2.24) is 14.5 Å². The highest BCUT2D eigenvalue weighted by Gasteiger charge is 2.27. The molecule has 0 saturated heterocycles. The van der Waals surface area contributed by atoms with E-state index in [1.807, 2.05) is 24.4 Å². The number of hydrogen-bond donors (Lipinski definition) is 1. The summed E-state index contributed by atoms with van der Waals surface area (Å²) in [5, 5.41) is 12.8. The van der Waals surface area contributed by atoms with Crippen molar-refractivity contribution in [3.8, 4) is 56.2 Å². The van der Waals surface area contributed by atoms with Gasteiger partial charge in [-0.05, 0) is 139 Å². The molecule has 8 aromatic rings. The Balaban J connectivity index is 1.50. The first-order valence-electron chi connectivity index (χ1n) is 21.3. The molecule has 2 aromatic heterocycles. The standard InChI is InChI=1S/C56H59N3O/c1-53(2,3)40-20-23-44(24-21-40)59-48-34-43(56(10,11)12)33-46(51(48)58-52(59)47-31-41(54(4,5)6)22-25-49(47)60)39-28-37(35-17-14-13-15-18-35)27-38(29-39)45-32-42(55(7,8)9)30-36-19-16-26-57-50(36)45/h13-34,60H,1-12H3. The summed E-state index contributed by atoms with van der Waals surface area (Å²) in [5.41, 5.74) is 15.6. The normalized spacial score (nSPS) is 12.7. The number of rotatable bonds is 5. The van der Waals surface area contributed by atoms with Crippen LogP contribution in [-0.4, -0.2) is 19.6 Å². The van der Waals surface area contributed by atoms with E-state index in [0.717, 1.165) is 66.6 Å². The molecule has 0 spiro atoms. The van der Waals surface area contributed by atoms with Gasteiger partial charge >= 0.3 is 0 Å². The molecule has 0 aliphatic heterocycles. The van der Waals surface area contributed by atoms with Gasteiger partial charge in [0.2, 0.25) is 0 Å². The second-order valence-corrected chi connectivity index (χ2v) is 20.7. The van der Waals surface area contributed by atoms with Gasteiger partial charge in [0.05, 0.1) is 22.1 Å². The molecule has 8 rings (SSSR count). The maximum absolute atomic E-state index is 11.7. The van der Waals surface area contributed by atoms with Gasteiger partial charge in [-0.2, -0.15) is 0 Å². The van der Waals surface area contributed by atoms with E-state index in [9.17, 15) is 5.11 Å². The molecule has 304 valence electrons. The molecule has 0 saturated carbocycles. The van der Waals surface area contributed by atoms with Gasteiger partial charge in [0, 0.05) is 28.4 Å². The Morgan fingerprint density at radius 3 is 1.57 bits per heavy atom. The Morgan fingerprint density at radius 1 is 0.433 bits per heavy atom. The predicted molar refractivity (Wildman–Crippen MR) is 255 cm³/mol. The van der Waals surface area contributed by atoms with Crippen LogP contribution in [0.3, 0.4) is 0 Å². The highest BCUT2D eigenvalue weighted by Crippen LogP contribution is 2.44. The van der Waals surface area contributed by atoms with Crippen molar-refractivity contribution in [2.45, 2.75) is 105 Å². The lowest BCUT2D eigenvalue weighted by Gasteiger charge is -2.23. The molecule has 0 atom stereocenters. The van der Waals surface area contributed by atoms with E-state index in [-0.39, 0.29) is 27.4 Å². The van der Waals surface area contributed by atoms with Crippen LogP contribution in [0.4, 0.5) is 0 Å². The minimum absolute atomic E-state index is 0.00102. The average molecular weight is 790 g/mol. The van der Waals surface area contributed by atoms with E-state index < -0.39 is 0 Å². The molecule has 4 nitrogen and oxygen atoms in total. The number of imidazole rings is 1. The van der Waals surface area contributed by atoms with Gasteiger partial charge < -0.3 is 5.11 Å². The highest BCUT2D eigenvalue weighted by molar-refractivity contribution is 6.01. The van der Waals surface area contributed by atoms with Crippen molar-refractivity contribution in [3.05, 3.63) is 156 Å². The van der Waals surface area contributed by atoms with Crippen LogP contribution in [0.2, 0.25) is 0 Å². The second kappa shape index (κ2) is 14.6. The number of fused-ring (bicyclic) bond motifs is 2. The van der Waals surface area contributed by atoms with Gasteiger partial charge in [-0.25, -0.2) is 4.98 Å². The minimum atomic E-state index is -0.177. The lowest BCUT2D eigenvalue weighted by molar-refractivity contribution is 0.475. The summed E-state index contributed by atoms with van der Waals surface area (Å²) in [6.07, 6.45) is 1.90. The lowest BCUT2D eigenvalue weighted by atomic mass is 9.82. The van der Waals surface area contributed by atoms with Gasteiger partial charge in [-0.3, -0.25) is 9.55 Å². The Bertz CT molecular complexity index is 2890. The van der Waals surface area contributed by atoms with Crippen molar-refractivity contribution in [1.29, 1.82) is 0 Å². The third-order valence-corrected chi connectivity index (χ3v) is 12.0. The Labute approximate surface area is 357 Å². The molecule has 0 aliphatic rings. The van der Waals surface area contributed by atoms with Gasteiger partial charge in [0.25, 0.3) is 0 Å². The van der Waals surface area contributed by atoms with Crippen molar-refractivity contribution >= 4 is 21.9 Å². The molecule has 0 bridgehead atoms. The van der Waals surface area contributed by atoms with E-state index in [4.69, 9.17) is 9.97 Å². The first-order chi connectivity index (χ1) is 28.2. The molecule has 6 aromatic carbocycles. The summed E-state index contributed by atoms with van der Waals surface area (Å²) < 4.78 is 2.26. The lowest BCUT2D eigenvalue weighted by Crippen LogP contribution is -2.12. The van der Waals surface area contributed by atoms with Gasteiger partial charge in [0.15, 0.2) is 0 Å². The van der Waals surface area contributed by atoms with Crippen molar-refractivity contribution in [3.63, 3.8) is 0 Å². The molecule has 1 N–H and O–H groups in total. The quantitative estimate of drug-likeness (QED) is 0.189. The largest absolute Gasteiger partial charge is 0.507 e. The molecule has 0 radical (unpaired) electrons. The van der Waals surface area contributed by atoms with Crippen LogP contribution in [0, 0.1) is 0 Å². The molecule has 2 heterocycles. The van der Waals surface area contributed by atoms with Crippen molar-refractivity contribution in [2.24, 2.45) is 0 Å². The number of benzene rings is 6. The monoisotopic (exact) mass is 789 g/mol. The number of aromatic hydroxyl groups is 1. The van der Waals surface area contributed by atoms with Gasteiger partial charge in [-0.1, -0.05) is 138 Å². The van der Waals surface area contributed by atoms with Crippen LogP contribution in [0.5, 0.6) is 5.75 Å². The number of hydrogen-bond acceptors (Lipinski definition) is 3. The summed E-state index contributed by atoms with van der Waals surface area (Å²) in [7, 11) is 0. The third kappa shape index (κ3) is 7.76. The number of aromatic nitrogens is 3. The van der Waals surface area contributed by atoms with Crippen molar-refractivity contribution in [2.75, 3.05) is 0 Å². The zero-order valence-electron chi connectivity index (χ0n) is 37.5. The van der Waals surface area contributed by atoms with E-state index in [1.54, 1.807) is 0 Å². The summed E-state index contributed by atoms with van der Waals surface area (Å²) in [6.45, 7) is 27.0. The second-order valence-electron chi connectivity index (χ2n) is 20.7. The average Bonchev–Trinajstić information content (AvgIpc) is 3.58. The van der Waals surface area contributed by atoms with Crippen molar-refractivity contribution < 1.29 is 5.11 Å². The Kier molecular flexibility index (Phi) is 9.93. The Hall–Kier alpha value is -6.00. The number of phenolic OH excluding ortho intramolecular Hbond substituents is 1. The number of phenols is 1. The number of nitrogens with zero attached hydrogens (tertiary/aromatic N) is 3. The predicted octanol–water partition coefficient (Wildman–Crippen LogP) is 15.1. The maximum atomic E-state index is 11.7. The maximum Gasteiger partial charge on any atom is 0.149 e. The minimum Gasteiger partial charge on any atom is -0.507 e. The summed E-state index contributed by atoms with van der Waals surface area (Å²) >= 11 is 0. The first-order valence-corrected chi connectivity index (χ1v) is 21.3. The fourth-order valence-corrected chi connectivity index (χ4v) is 8.15. The summed E-state index contributed by atoms with van der Waals surface area (Å²) in [5.74, 6) is 0.909. The smallest absolute Gasteiger partial charge is 0.149 e.